The Morgan fingerprint density at radius 2 is 1.92 bits per heavy atom. The lowest BCUT2D eigenvalue weighted by atomic mass is 10.1. The molecule has 0 unspecified atom stereocenters. The molecule has 0 aliphatic carbocycles. The van der Waals surface area contributed by atoms with Crippen LogP contribution in [0.3, 0.4) is 0 Å². The van der Waals surface area contributed by atoms with Gasteiger partial charge in [0.25, 0.3) is 5.56 Å². The quantitative estimate of drug-likeness (QED) is 0.581. The Hall–Kier alpha value is -2.99. The monoisotopic (exact) mass is 336 g/mol. The Morgan fingerprint density at radius 1 is 1.12 bits per heavy atom. The van der Waals surface area contributed by atoms with E-state index in [1.54, 1.807) is 12.1 Å². The van der Waals surface area contributed by atoms with E-state index >= 15 is 0 Å². The minimum Gasteiger partial charge on any atom is -0.455 e. The van der Waals surface area contributed by atoms with Crippen molar-refractivity contribution in [1.82, 2.24) is 9.97 Å². The molecule has 0 radical (unpaired) electrons. The summed E-state index contributed by atoms with van der Waals surface area (Å²) in [6.07, 6.45) is 0. The smallest absolute Gasteiger partial charge is 0.344 e. The number of ether oxygens (including phenoxy) is 1. The van der Waals surface area contributed by atoms with E-state index in [1.165, 1.54) is 11.3 Å². The number of rotatable bonds is 3. The number of aromatic nitrogens is 2. The number of nitrogens with one attached hydrogen (secondary N) is 1. The number of thiazole rings is 1. The van der Waals surface area contributed by atoms with E-state index in [1.807, 2.05) is 42.5 Å². The van der Waals surface area contributed by atoms with Gasteiger partial charge >= 0.3 is 5.97 Å². The molecule has 2 aromatic heterocycles. The summed E-state index contributed by atoms with van der Waals surface area (Å²) in [7, 11) is 0. The van der Waals surface area contributed by atoms with Crippen molar-refractivity contribution in [1.29, 1.82) is 0 Å². The SMILES string of the molecule is O=C(OCc1nc2ccccc2s1)c1cc2ccccc2[nH]c1=O. The molecule has 24 heavy (non-hydrogen) atoms. The van der Waals surface area contributed by atoms with Gasteiger partial charge in [-0.15, -0.1) is 11.3 Å². The second-order valence-electron chi connectivity index (χ2n) is 5.25. The number of esters is 1. The van der Waals surface area contributed by atoms with Crippen molar-refractivity contribution in [2.24, 2.45) is 0 Å². The molecule has 0 aliphatic rings. The third-order valence-corrected chi connectivity index (χ3v) is 4.65. The molecule has 0 aliphatic heterocycles. The van der Waals surface area contributed by atoms with Crippen LogP contribution in [0.5, 0.6) is 0 Å². The van der Waals surface area contributed by atoms with Gasteiger partial charge in [-0.05, 0) is 29.7 Å². The van der Waals surface area contributed by atoms with Crippen LogP contribution in [0.2, 0.25) is 0 Å². The van der Waals surface area contributed by atoms with Crippen LogP contribution in [-0.2, 0) is 11.3 Å². The van der Waals surface area contributed by atoms with E-state index in [0.29, 0.717) is 10.5 Å². The Balaban J connectivity index is 1.57. The lowest BCUT2D eigenvalue weighted by Gasteiger charge is -2.03. The topological polar surface area (TPSA) is 72.0 Å². The van der Waals surface area contributed by atoms with Gasteiger partial charge in [-0.1, -0.05) is 30.3 Å². The van der Waals surface area contributed by atoms with Crippen molar-refractivity contribution in [2.75, 3.05) is 0 Å². The molecule has 2 aromatic carbocycles. The highest BCUT2D eigenvalue weighted by atomic mass is 32.1. The molecule has 6 heteroatoms. The van der Waals surface area contributed by atoms with Gasteiger partial charge in [0.15, 0.2) is 0 Å². The highest BCUT2D eigenvalue weighted by Crippen LogP contribution is 2.22. The minimum absolute atomic E-state index is 0.00480. The fourth-order valence-electron chi connectivity index (χ4n) is 2.49. The van der Waals surface area contributed by atoms with E-state index in [2.05, 4.69) is 9.97 Å². The predicted octanol–water partition coefficient (Wildman–Crippen LogP) is 3.49. The fraction of sp³-hybridized carbons (Fsp3) is 0.0556. The summed E-state index contributed by atoms with van der Waals surface area (Å²) in [6, 6.07) is 16.5. The molecule has 0 saturated heterocycles. The first-order valence-electron chi connectivity index (χ1n) is 7.34. The standard InChI is InChI=1S/C18H12N2O3S/c21-17-12(9-11-5-1-2-6-13(11)20-17)18(22)23-10-16-19-14-7-3-4-8-15(14)24-16/h1-9H,10H2,(H,20,21). The molecule has 0 bridgehead atoms. The molecule has 0 atom stereocenters. The van der Waals surface area contributed by atoms with E-state index in [-0.39, 0.29) is 12.2 Å². The van der Waals surface area contributed by atoms with Crippen LogP contribution in [0, 0.1) is 0 Å². The van der Waals surface area contributed by atoms with E-state index in [0.717, 1.165) is 15.6 Å². The van der Waals surface area contributed by atoms with E-state index in [9.17, 15) is 9.59 Å². The zero-order chi connectivity index (χ0) is 16.5. The molecule has 1 N–H and O–H groups in total. The van der Waals surface area contributed by atoms with Crippen LogP contribution in [0.15, 0.2) is 59.4 Å². The van der Waals surface area contributed by atoms with Crippen LogP contribution < -0.4 is 5.56 Å². The molecular formula is C18H12N2O3S. The van der Waals surface area contributed by atoms with Crippen LogP contribution in [0.1, 0.15) is 15.4 Å². The predicted molar refractivity (Wildman–Crippen MR) is 93.3 cm³/mol. The van der Waals surface area contributed by atoms with Crippen molar-refractivity contribution in [2.45, 2.75) is 6.61 Å². The molecule has 0 amide bonds. The molecule has 5 nitrogen and oxygen atoms in total. The van der Waals surface area contributed by atoms with Gasteiger partial charge in [0, 0.05) is 5.52 Å². The van der Waals surface area contributed by atoms with Crippen LogP contribution >= 0.6 is 11.3 Å². The Labute approximate surface area is 140 Å². The number of fused-ring (bicyclic) bond motifs is 2. The Bertz CT molecular complexity index is 1080. The molecule has 0 saturated carbocycles. The maximum absolute atomic E-state index is 12.2. The van der Waals surface area contributed by atoms with E-state index in [4.69, 9.17) is 4.74 Å². The number of H-pyrrole nitrogens is 1. The van der Waals surface area contributed by atoms with Gasteiger partial charge in [0.1, 0.15) is 17.2 Å². The van der Waals surface area contributed by atoms with Gasteiger partial charge < -0.3 is 9.72 Å². The number of hydrogen-bond donors (Lipinski definition) is 1. The first-order valence-corrected chi connectivity index (χ1v) is 8.16. The van der Waals surface area contributed by atoms with Crippen molar-refractivity contribution < 1.29 is 9.53 Å². The lowest BCUT2D eigenvalue weighted by molar-refractivity contribution is 0.0470. The summed E-state index contributed by atoms with van der Waals surface area (Å²) < 4.78 is 6.30. The van der Waals surface area contributed by atoms with Crippen molar-refractivity contribution in [3.8, 4) is 0 Å². The average Bonchev–Trinajstić information content (AvgIpc) is 3.02. The normalized spacial score (nSPS) is 11.0. The zero-order valence-corrected chi connectivity index (χ0v) is 13.3. The summed E-state index contributed by atoms with van der Waals surface area (Å²) in [6.45, 7) is 0.0461. The summed E-state index contributed by atoms with van der Waals surface area (Å²) in [5.41, 5.74) is 1.10. The highest BCUT2D eigenvalue weighted by molar-refractivity contribution is 7.18. The number of nitrogens with zero attached hydrogens (tertiary/aromatic N) is 1. The molecule has 0 fully saturated rings. The number of pyridine rings is 1. The van der Waals surface area contributed by atoms with Gasteiger partial charge in [-0.3, -0.25) is 4.79 Å². The molecule has 118 valence electrons. The number of hydrogen-bond acceptors (Lipinski definition) is 5. The lowest BCUT2D eigenvalue weighted by Crippen LogP contribution is -2.19. The number of carbonyl (C=O) groups excluding carboxylic acids is 1. The first kappa shape index (κ1) is 14.6. The zero-order valence-electron chi connectivity index (χ0n) is 12.5. The van der Waals surface area contributed by atoms with Gasteiger partial charge in [-0.25, -0.2) is 9.78 Å². The highest BCUT2D eigenvalue weighted by Gasteiger charge is 2.14. The van der Waals surface area contributed by atoms with E-state index < -0.39 is 11.5 Å². The van der Waals surface area contributed by atoms with Crippen LogP contribution in [-0.4, -0.2) is 15.9 Å². The number of benzene rings is 2. The molecule has 4 aromatic rings. The Kier molecular flexibility index (Phi) is 3.59. The number of carbonyl (C=O) groups is 1. The van der Waals surface area contributed by atoms with Crippen molar-refractivity contribution in [3.63, 3.8) is 0 Å². The molecule has 0 spiro atoms. The first-order chi connectivity index (χ1) is 11.7. The van der Waals surface area contributed by atoms with Gasteiger partial charge in [0.2, 0.25) is 0 Å². The van der Waals surface area contributed by atoms with Crippen molar-refractivity contribution >= 4 is 38.4 Å². The summed E-state index contributed by atoms with van der Waals surface area (Å²) >= 11 is 1.47. The fourth-order valence-corrected chi connectivity index (χ4v) is 3.37. The largest absolute Gasteiger partial charge is 0.455 e. The van der Waals surface area contributed by atoms with Crippen LogP contribution in [0.4, 0.5) is 0 Å². The van der Waals surface area contributed by atoms with Gasteiger partial charge in [0.05, 0.1) is 10.2 Å². The third kappa shape index (κ3) is 2.68. The van der Waals surface area contributed by atoms with Crippen molar-refractivity contribution in [3.05, 3.63) is 75.5 Å². The minimum atomic E-state index is -0.652. The maximum Gasteiger partial charge on any atom is 0.344 e. The number of aromatic amines is 1. The van der Waals surface area contributed by atoms with Crippen LogP contribution in [0.25, 0.3) is 21.1 Å². The molecular weight excluding hydrogens is 324 g/mol. The summed E-state index contributed by atoms with van der Waals surface area (Å²) in [4.78, 5) is 31.4. The second kappa shape index (κ2) is 5.90. The second-order valence-corrected chi connectivity index (χ2v) is 6.37. The molecule has 4 rings (SSSR count). The molecule has 2 heterocycles. The maximum atomic E-state index is 12.2. The van der Waals surface area contributed by atoms with Gasteiger partial charge in [-0.2, -0.15) is 0 Å². The summed E-state index contributed by atoms with van der Waals surface area (Å²) in [5.74, 6) is -0.652. The summed E-state index contributed by atoms with van der Waals surface area (Å²) in [5, 5.41) is 1.48. The third-order valence-electron chi connectivity index (χ3n) is 3.64. The number of para-hydroxylation sites is 2. The Morgan fingerprint density at radius 3 is 2.79 bits per heavy atom. The average molecular weight is 336 g/mol.